The van der Waals surface area contributed by atoms with Crippen LogP contribution in [0.2, 0.25) is 5.02 Å². The highest BCUT2D eigenvalue weighted by atomic mass is 35.5. The van der Waals surface area contributed by atoms with Gasteiger partial charge < -0.3 is 10.1 Å². The lowest BCUT2D eigenvalue weighted by Gasteiger charge is -2.31. The van der Waals surface area contributed by atoms with Crippen molar-refractivity contribution in [1.82, 2.24) is 9.62 Å². The van der Waals surface area contributed by atoms with Crippen LogP contribution in [0.15, 0.2) is 23.1 Å². The minimum Gasteiger partial charge on any atom is -0.492 e. The van der Waals surface area contributed by atoms with Crippen LogP contribution in [0.4, 0.5) is 0 Å². The monoisotopic (exact) mass is 394 g/mol. The second kappa shape index (κ2) is 8.23. The number of piperazine rings is 1. The zero-order chi connectivity index (χ0) is 16.4. The van der Waals surface area contributed by atoms with E-state index in [0.29, 0.717) is 42.9 Å². The molecule has 0 radical (unpaired) electrons. The highest BCUT2D eigenvalue weighted by Gasteiger charge is 2.31. The van der Waals surface area contributed by atoms with Crippen molar-refractivity contribution in [3.05, 3.63) is 23.2 Å². The largest absolute Gasteiger partial charge is 0.492 e. The summed E-state index contributed by atoms with van der Waals surface area (Å²) >= 11 is 6.04. The van der Waals surface area contributed by atoms with Crippen LogP contribution in [0.3, 0.4) is 0 Å². The summed E-state index contributed by atoms with van der Waals surface area (Å²) in [7, 11) is -3.60. The predicted octanol–water partition coefficient (Wildman–Crippen LogP) is 2.92. The summed E-state index contributed by atoms with van der Waals surface area (Å²) in [5.41, 5.74) is 0. The standard InChI is InChI=1S/C16H23ClN2O3S.ClH/c1-12-10-19(8-7-18-12)23(20,21)16-9-14(17)5-6-15(16)22-11-13-3-2-4-13;/h5-6,9,12-13,18H,2-4,7-8,10-11H2,1H3;1H. The molecule has 0 aromatic heterocycles. The average Bonchev–Trinajstić information content (AvgIpc) is 2.47. The Morgan fingerprint density at radius 2 is 2.12 bits per heavy atom. The molecule has 136 valence electrons. The SMILES string of the molecule is CC1CN(S(=O)(=O)c2cc(Cl)ccc2OCC2CCC2)CCN1.Cl. The molecule has 2 fully saturated rings. The molecule has 0 spiro atoms. The van der Waals surface area contributed by atoms with Gasteiger partial charge in [-0.25, -0.2) is 8.42 Å². The molecule has 1 aliphatic heterocycles. The maximum absolute atomic E-state index is 13.0. The van der Waals surface area contributed by atoms with Crippen molar-refractivity contribution >= 4 is 34.0 Å². The van der Waals surface area contributed by atoms with Gasteiger partial charge in [-0.3, -0.25) is 0 Å². The molecule has 1 aliphatic carbocycles. The molecule has 1 aromatic carbocycles. The Morgan fingerprint density at radius 1 is 1.38 bits per heavy atom. The van der Waals surface area contributed by atoms with Crippen LogP contribution in [0.25, 0.3) is 0 Å². The second-order valence-corrected chi connectivity index (χ2v) is 8.76. The molecule has 0 bridgehead atoms. The van der Waals surface area contributed by atoms with E-state index in [-0.39, 0.29) is 23.3 Å². The molecule has 1 N–H and O–H groups in total. The van der Waals surface area contributed by atoms with Gasteiger partial charge in [-0.1, -0.05) is 18.0 Å². The third-order valence-electron chi connectivity index (χ3n) is 4.55. The van der Waals surface area contributed by atoms with Gasteiger partial charge >= 0.3 is 0 Å². The van der Waals surface area contributed by atoms with E-state index in [0.717, 1.165) is 12.8 Å². The van der Waals surface area contributed by atoms with Crippen molar-refractivity contribution in [2.24, 2.45) is 5.92 Å². The minimum atomic E-state index is -3.60. The summed E-state index contributed by atoms with van der Waals surface area (Å²) < 4.78 is 33.3. The Bertz CT molecular complexity index is 665. The van der Waals surface area contributed by atoms with Gasteiger partial charge in [0.2, 0.25) is 10.0 Å². The van der Waals surface area contributed by atoms with Gasteiger partial charge in [0.1, 0.15) is 10.6 Å². The van der Waals surface area contributed by atoms with Gasteiger partial charge in [0.25, 0.3) is 0 Å². The van der Waals surface area contributed by atoms with E-state index in [1.165, 1.54) is 16.8 Å². The second-order valence-electron chi connectivity index (χ2n) is 6.42. The van der Waals surface area contributed by atoms with Crippen molar-refractivity contribution in [2.75, 3.05) is 26.2 Å². The van der Waals surface area contributed by atoms with Gasteiger partial charge in [0.15, 0.2) is 0 Å². The van der Waals surface area contributed by atoms with Crippen LogP contribution in [0.5, 0.6) is 5.75 Å². The van der Waals surface area contributed by atoms with E-state index in [1.807, 2.05) is 6.92 Å². The van der Waals surface area contributed by atoms with Crippen molar-refractivity contribution < 1.29 is 13.2 Å². The summed E-state index contributed by atoms with van der Waals surface area (Å²) in [6.45, 7) is 4.12. The topological polar surface area (TPSA) is 58.6 Å². The molecule has 8 heteroatoms. The smallest absolute Gasteiger partial charge is 0.246 e. The fourth-order valence-corrected chi connectivity index (χ4v) is 4.85. The fourth-order valence-electron chi connectivity index (χ4n) is 2.92. The number of benzene rings is 1. The molecule has 1 saturated carbocycles. The molecule has 1 atom stereocenters. The van der Waals surface area contributed by atoms with E-state index in [2.05, 4.69) is 5.32 Å². The lowest BCUT2D eigenvalue weighted by atomic mass is 9.86. The molecule has 3 rings (SSSR count). The number of nitrogens with one attached hydrogen (secondary N) is 1. The number of sulfonamides is 1. The first-order valence-corrected chi connectivity index (χ1v) is 9.94. The highest BCUT2D eigenvalue weighted by Crippen LogP contribution is 2.32. The summed E-state index contributed by atoms with van der Waals surface area (Å²) in [5, 5.41) is 3.66. The molecule has 2 aliphatic rings. The Morgan fingerprint density at radius 3 is 2.75 bits per heavy atom. The molecule has 1 saturated heterocycles. The van der Waals surface area contributed by atoms with E-state index in [4.69, 9.17) is 16.3 Å². The van der Waals surface area contributed by atoms with Crippen molar-refractivity contribution in [1.29, 1.82) is 0 Å². The quantitative estimate of drug-likeness (QED) is 0.833. The van der Waals surface area contributed by atoms with Gasteiger partial charge in [0.05, 0.1) is 6.61 Å². The van der Waals surface area contributed by atoms with Crippen molar-refractivity contribution in [3.63, 3.8) is 0 Å². The lowest BCUT2D eigenvalue weighted by molar-refractivity contribution is 0.177. The zero-order valence-electron chi connectivity index (χ0n) is 13.7. The molecule has 1 heterocycles. The van der Waals surface area contributed by atoms with Crippen LogP contribution in [-0.4, -0.2) is 45.0 Å². The summed E-state index contributed by atoms with van der Waals surface area (Å²) in [4.78, 5) is 0.179. The van der Waals surface area contributed by atoms with Crippen molar-refractivity contribution in [2.45, 2.75) is 37.1 Å². The van der Waals surface area contributed by atoms with E-state index in [9.17, 15) is 8.42 Å². The number of ether oxygens (including phenoxy) is 1. The molecule has 0 amide bonds. The number of rotatable bonds is 5. The van der Waals surface area contributed by atoms with Gasteiger partial charge in [-0.15, -0.1) is 12.4 Å². The Balaban J connectivity index is 0.00000208. The normalized spacial score (nSPS) is 22.5. The molecular formula is C16H24Cl2N2O3S. The van der Waals surface area contributed by atoms with Gasteiger partial charge in [-0.05, 0) is 43.9 Å². The summed E-state index contributed by atoms with van der Waals surface area (Å²) in [5.74, 6) is 0.952. The highest BCUT2D eigenvalue weighted by molar-refractivity contribution is 7.89. The minimum absolute atomic E-state index is 0. The number of halogens is 2. The maximum atomic E-state index is 13.0. The molecular weight excluding hydrogens is 371 g/mol. The maximum Gasteiger partial charge on any atom is 0.246 e. The first-order valence-electron chi connectivity index (χ1n) is 8.12. The molecule has 1 aromatic rings. The van der Waals surface area contributed by atoms with Crippen LogP contribution in [-0.2, 0) is 10.0 Å². The Hall–Kier alpha value is -0.530. The third kappa shape index (κ3) is 4.35. The fraction of sp³-hybridized carbons (Fsp3) is 0.625. The lowest BCUT2D eigenvalue weighted by Crippen LogP contribution is -2.51. The average molecular weight is 395 g/mol. The third-order valence-corrected chi connectivity index (χ3v) is 6.68. The zero-order valence-corrected chi connectivity index (χ0v) is 16.1. The molecule has 5 nitrogen and oxygen atoms in total. The van der Waals surface area contributed by atoms with Crippen LogP contribution in [0.1, 0.15) is 26.2 Å². The summed E-state index contributed by atoms with van der Waals surface area (Å²) in [6, 6.07) is 4.98. The Labute approximate surface area is 155 Å². The number of hydrogen-bond acceptors (Lipinski definition) is 4. The summed E-state index contributed by atoms with van der Waals surface area (Å²) in [6.07, 6.45) is 3.55. The number of hydrogen-bond donors (Lipinski definition) is 1. The van der Waals surface area contributed by atoms with Gasteiger partial charge in [0, 0.05) is 30.7 Å². The molecule has 24 heavy (non-hydrogen) atoms. The van der Waals surface area contributed by atoms with Crippen LogP contribution < -0.4 is 10.1 Å². The first kappa shape index (κ1) is 19.8. The molecule has 1 unspecified atom stereocenters. The van der Waals surface area contributed by atoms with Gasteiger partial charge in [-0.2, -0.15) is 4.31 Å². The van der Waals surface area contributed by atoms with E-state index in [1.54, 1.807) is 12.1 Å². The first-order chi connectivity index (χ1) is 11.0. The Kier molecular flexibility index (Phi) is 6.79. The van der Waals surface area contributed by atoms with E-state index < -0.39 is 10.0 Å². The van der Waals surface area contributed by atoms with Crippen LogP contribution in [0, 0.1) is 5.92 Å². The predicted molar refractivity (Wildman–Crippen MR) is 97.8 cm³/mol. The van der Waals surface area contributed by atoms with Crippen LogP contribution >= 0.6 is 24.0 Å². The van der Waals surface area contributed by atoms with Crippen molar-refractivity contribution in [3.8, 4) is 5.75 Å². The van der Waals surface area contributed by atoms with E-state index >= 15 is 0 Å². The number of nitrogens with zero attached hydrogens (tertiary/aromatic N) is 1.